The molecule has 1 rings (SSSR count). The third kappa shape index (κ3) is 2.73. The first-order valence-corrected chi connectivity index (χ1v) is 4.99. The van der Waals surface area contributed by atoms with E-state index in [0.717, 1.165) is 0 Å². The van der Waals surface area contributed by atoms with Crippen molar-refractivity contribution in [2.75, 3.05) is 5.73 Å². The summed E-state index contributed by atoms with van der Waals surface area (Å²) in [6.45, 7) is 3.82. The second-order valence-electron chi connectivity index (χ2n) is 3.62. The minimum absolute atomic E-state index is 0.0509. The molecule has 1 aromatic heterocycles. The standard InChI is InChI=1S/C11H16N4O/c1-8(2)15-7-9(14-5-3-4-12)6-10(13)11(15)16/h3-8H,12-13H2,1-2H3/b4-3-,14-5?. The third-order valence-electron chi connectivity index (χ3n) is 2.03. The average molecular weight is 220 g/mol. The molecule has 1 aromatic rings. The molecule has 0 bridgehead atoms. The van der Waals surface area contributed by atoms with Crippen molar-refractivity contribution >= 4 is 17.6 Å². The van der Waals surface area contributed by atoms with Crippen LogP contribution in [-0.2, 0) is 0 Å². The van der Waals surface area contributed by atoms with Gasteiger partial charge in [-0.05, 0) is 32.2 Å². The molecule has 0 atom stereocenters. The van der Waals surface area contributed by atoms with E-state index in [1.165, 1.54) is 6.20 Å². The summed E-state index contributed by atoms with van der Waals surface area (Å²) in [5, 5.41) is 0. The molecule has 0 unspecified atom stereocenters. The van der Waals surface area contributed by atoms with E-state index < -0.39 is 0 Å². The Hall–Kier alpha value is -2.04. The number of hydrogen-bond donors (Lipinski definition) is 2. The van der Waals surface area contributed by atoms with E-state index in [-0.39, 0.29) is 17.3 Å². The van der Waals surface area contributed by atoms with Gasteiger partial charge in [-0.25, -0.2) is 0 Å². The lowest BCUT2D eigenvalue weighted by Crippen LogP contribution is -2.23. The Morgan fingerprint density at radius 2 is 2.19 bits per heavy atom. The van der Waals surface area contributed by atoms with Crippen LogP contribution in [0.2, 0.25) is 0 Å². The topological polar surface area (TPSA) is 86.4 Å². The zero-order valence-corrected chi connectivity index (χ0v) is 9.42. The van der Waals surface area contributed by atoms with E-state index in [1.54, 1.807) is 29.1 Å². The maximum atomic E-state index is 11.6. The minimum atomic E-state index is -0.191. The molecule has 0 aliphatic rings. The van der Waals surface area contributed by atoms with Gasteiger partial charge in [0.2, 0.25) is 0 Å². The molecule has 4 N–H and O–H groups in total. The zero-order chi connectivity index (χ0) is 12.1. The third-order valence-corrected chi connectivity index (χ3v) is 2.03. The fourth-order valence-corrected chi connectivity index (χ4v) is 1.24. The maximum Gasteiger partial charge on any atom is 0.274 e. The zero-order valence-electron chi connectivity index (χ0n) is 9.42. The molecule has 0 radical (unpaired) electrons. The SMILES string of the molecule is CC(C)n1cc(N=C/C=C\N)cc(N)c1=O. The van der Waals surface area contributed by atoms with Crippen LogP contribution in [-0.4, -0.2) is 10.8 Å². The summed E-state index contributed by atoms with van der Waals surface area (Å²) < 4.78 is 1.55. The molecule has 0 saturated carbocycles. The number of allylic oxidation sites excluding steroid dienone is 1. The predicted octanol–water partition coefficient (Wildman–Crippen LogP) is 1.19. The highest BCUT2D eigenvalue weighted by molar-refractivity contribution is 5.74. The summed E-state index contributed by atoms with van der Waals surface area (Å²) in [5.74, 6) is 0. The fourth-order valence-electron chi connectivity index (χ4n) is 1.24. The number of nitrogens with zero attached hydrogens (tertiary/aromatic N) is 2. The van der Waals surface area contributed by atoms with Crippen molar-refractivity contribution in [2.24, 2.45) is 10.7 Å². The second kappa shape index (κ2) is 5.16. The van der Waals surface area contributed by atoms with Gasteiger partial charge < -0.3 is 16.0 Å². The van der Waals surface area contributed by atoms with Gasteiger partial charge in [0.1, 0.15) is 5.69 Å². The molecule has 0 aliphatic heterocycles. The fraction of sp³-hybridized carbons (Fsp3) is 0.273. The van der Waals surface area contributed by atoms with E-state index in [4.69, 9.17) is 11.5 Å². The highest BCUT2D eigenvalue weighted by Crippen LogP contribution is 2.14. The van der Waals surface area contributed by atoms with Crippen molar-refractivity contribution < 1.29 is 0 Å². The first-order valence-electron chi connectivity index (χ1n) is 4.99. The van der Waals surface area contributed by atoms with Crippen molar-refractivity contribution in [3.63, 3.8) is 0 Å². The van der Waals surface area contributed by atoms with Crippen LogP contribution in [0.15, 0.2) is 34.3 Å². The highest BCUT2D eigenvalue weighted by atomic mass is 16.1. The molecular weight excluding hydrogens is 204 g/mol. The predicted molar refractivity (Wildman–Crippen MR) is 67.0 cm³/mol. The van der Waals surface area contributed by atoms with E-state index in [2.05, 4.69) is 4.99 Å². The van der Waals surface area contributed by atoms with Crippen molar-refractivity contribution in [1.82, 2.24) is 4.57 Å². The number of anilines is 1. The average Bonchev–Trinajstić information content (AvgIpc) is 2.23. The first kappa shape index (κ1) is 12.0. The summed E-state index contributed by atoms with van der Waals surface area (Å²) in [7, 11) is 0. The molecule has 0 fully saturated rings. The Kier molecular flexibility index (Phi) is 3.88. The Morgan fingerprint density at radius 1 is 1.50 bits per heavy atom. The van der Waals surface area contributed by atoms with Gasteiger partial charge in [-0.15, -0.1) is 0 Å². The van der Waals surface area contributed by atoms with Crippen LogP contribution in [0.25, 0.3) is 0 Å². The van der Waals surface area contributed by atoms with Crippen LogP contribution in [0, 0.1) is 0 Å². The monoisotopic (exact) mass is 220 g/mol. The van der Waals surface area contributed by atoms with Gasteiger partial charge in [-0.2, -0.15) is 0 Å². The number of hydrogen-bond acceptors (Lipinski definition) is 4. The summed E-state index contributed by atoms with van der Waals surface area (Å²) in [4.78, 5) is 15.8. The van der Waals surface area contributed by atoms with E-state index in [1.807, 2.05) is 13.8 Å². The first-order chi connectivity index (χ1) is 7.56. The van der Waals surface area contributed by atoms with E-state index in [0.29, 0.717) is 5.69 Å². The Bertz CT molecular complexity index is 471. The van der Waals surface area contributed by atoms with Crippen LogP contribution >= 0.6 is 0 Å². The van der Waals surface area contributed by atoms with E-state index in [9.17, 15) is 4.79 Å². The van der Waals surface area contributed by atoms with Gasteiger partial charge in [-0.3, -0.25) is 9.79 Å². The lowest BCUT2D eigenvalue weighted by molar-refractivity contribution is 0.580. The minimum Gasteiger partial charge on any atom is -0.405 e. The van der Waals surface area contributed by atoms with Gasteiger partial charge >= 0.3 is 0 Å². The van der Waals surface area contributed by atoms with Crippen molar-refractivity contribution in [2.45, 2.75) is 19.9 Å². The van der Waals surface area contributed by atoms with Crippen LogP contribution < -0.4 is 17.0 Å². The Morgan fingerprint density at radius 3 is 2.75 bits per heavy atom. The van der Waals surface area contributed by atoms with E-state index >= 15 is 0 Å². The molecule has 1 heterocycles. The van der Waals surface area contributed by atoms with Crippen molar-refractivity contribution in [1.29, 1.82) is 0 Å². The molecule has 5 heteroatoms. The molecule has 86 valence electrons. The molecule has 0 aliphatic carbocycles. The van der Waals surface area contributed by atoms with Gasteiger partial charge in [0.05, 0.1) is 5.69 Å². The smallest absolute Gasteiger partial charge is 0.274 e. The van der Waals surface area contributed by atoms with Crippen LogP contribution in [0.5, 0.6) is 0 Å². The Labute approximate surface area is 94.1 Å². The van der Waals surface area contributed by atoms with Crippen LogP contribution in [0.3, 0.4) is 0 Å². The molecule has 0 spiro atoms. The normalized spacial score (nSPS) is 11.9. The summed E-state index contributed by atoms with van der Waals surface area (Å²) in [5.41, 5.74) is 11.4. The van der Waals surface area contributed by atoms with Crippen molar-refractivity contribution in [3.8, 4) is 0 Å². The number of aliphatic imine (C=N–C) groups is 1. The Balaban J connectivity index is 3.19. The number of aromatic nitrogens is 1. The van der Waals surface area contributed by atoms with Crippen LogP contribution in [0.1, 0.15) is 19.9 Å². The number of nitrogen functional groups attached to an aromatic ring is 1. The molecule has 0 amide bonds. The molecule has 16 heavy (non-hydrogen) atoms. The molecular formula is C11H16N4O. The summed E-state index contributed by atoms with van der Waals surface area (Å²) in [6, 6.07) is 1.59. The second-order valence-corrected chi connectivity index (χ2v) is 3.62. The molecule has 5 nitrogen and oxygen atoms in total. The molecule has 0 aromatic carbocycles. The summed E-state index contributed by atoms with van der Waals surface area (Å²) in [6.07, 6.45) is 6.19. The largest absolute Gasteiger partial charge is 0.405 e. The van der Waals surface area contributed by atoms with Crippen molar-refractivity contribution in [3.05, 3.63) is 34.9 Å². The van der Waals surface area contributed by atoms with Gasteiger partial charge in [0.25, 0.3) is 5.56 Å². The quantitative estimate of drug-likeness (QED) is 0.750. The highest BCUT2D eigenvalue weighted by Gasteiger charge is 2.05. The number of rotatable bonds is 3. The van der Waals surface area contributed by atoms with Gasteiger partial charge in [-0.1, -0.05) is 0 Å². The summed E-state index contributed by atoms with van der Waals surface area (Å²) >= 11 is 0. The van der Waals surface area contributed by atoms with Gasteiger partial charge in [0, 0.05) is 18.5 Å². The molecule has 0 saturated heterocycles. The van der Waals surface area contributed by atoms with Crippen LogP contribution in [0.4, 0.5) is 11.4 Å². The lowest BCUT2D eigenvalue weighted by atomic mass is 10.3. The maximum absolute atomic E-state index is 11.6. The lowest BCUT2D eigenvalue weighted by Gasteiger charge is -2.11. The number of nitrogens with two attached hydrogens (primary N) is 2. The van der Waals surface area contributed by atoms with Gasteiger partial charge in [0.15, 0.2) is 0 Å². The number of pyridine rings is 1.